The quantitative estimate of drug-likeness (QED) is 0.240. The van der Waals surface area contributed by atoms with Crippen molar-refractivity contribution in [1.29, 1.82) is 0 Å². The second kappa shape index (κ2) is 7.08. The molecule has 0 heterocycles. The average molecular weight is 300 g/mol. The Morgan fingerprint density at radius 1 is 1.10 bits per heavy atom. The molecule has 1 aromatic rings. The molecule has 0 aliphatic rings. The van der Waals surface area contributed by atoms with Gasteiger partial charge in [0, 0.05) is 0 Å². The Bertz CT molecular complexity index is 448. The van der Waals surface area contributed by atoms with Crippen molar-refractivity contribution in [1.82, 2.24) is 0 Å². The second-order valence-electron chi connectivity index (χ2n) is 4.98. The highest BCUT2D eigenvalue weighted by molar-refractivity contribution is 5.63. The van der Waals surface area contributed by atoms with Crippen molar-refractivity contribution in [3.63, 3.8) is 0 Å². The molecule has 6 N–H and O–H groups in total. The van der Waals surface area contributed by atoms with Crippen LogP contribution in [0.5, 0.6) is 0 Å². The van der Waals surface area contributed by atoms with E-state index in [1.165, 1.54) is 0 Å². The molecule has 0 aromatic heterocycles. The minimum Gasteiger partial charge on any atom is -0.393 e. The number of aryl methyl sites for hydroxylation is 1. The third kappa shape index (κ3) is 4.07. The average Bonchev–Trinajstić information content (AvgIpc) is 2.51. The molecule has 7 nitrogen and oxygen atoms in total. The number of aliphatic hydroxyl groups excluding tert-OH is 3. The standard InChI is InChI=1S/C14H20O7/c15-8-11(17)14(20,21)12(18)13(19,9-16)7-6-10-4-2-1-3-5-10/h1-5,9,11-12,15,17-21H,6-8H2/t11-,12-,13+/m1/s1. The van der Waals surface area contributed by atoms with E-state index in [1.807, 2.05) is 0 Å². The topological polar surface area (TPSA) is 138 Å². The number of aliphatic hydroxyl groups is 6. The van der Waals surface area contributed by atoms with Crippen LogP contribution < -0.4 is 0 Å². The van der Waals surface area contributed by atoms with Gasteiger partial charge in [0.1, 0.15) is 12.2 Å². The molecule has 0 spiro atoms. The van der Waals surface area contributed by atoms with Gasteiger partial charge in [0.2, 0.25) is 5.79 Å². The normalized spacial score (nSPS) is 17.8. The van der Waals surface area contributed by atoms with Crippen LogP contribution in [0.25, 0.3) is 0 Å². The maximum Gasteiger partial charge on any atom is 0.222 e. The lowest BCUT2D eigenvalue weighted by molar-refractivity contribution is -0.306. The number of benzene rings is 1. The first-order chi connectivity index (χ1) is 9.78. The van der Waals surface area contributed by atoms with Gasteiger partial charge in [-0.15, -0.1) is 0 Å². The van der Waals surface area contributed by atoms with E-state index < -0.39 is 30.2 Å². The Hall–Kier alpha value is -1.35. The van der Waals surface area contributed by atoms with Crippen molar-refractivity contribution in [2.45, 2.75) is 36.4 Å². The van der Waals surface area contributed by atoms with Crippen LogP contribution in [0.2, 0.25) is 0 Å². The molecule has 0 aliphatic heterocycles. The molecule has 1 aromatic carbocycles. The minimum absolute atomic E-state index is 0.00804. The maximum atomic E-state index is 11.1. The van der Waals surface area contributed by atoms with E-state index in [0.29, 0.717) is 0 Å². The summed E-state index contributed by atoms with van der Waals surface area (Å²) in [6, 6.07) is 8.78. The third-order valence-corrected chi connectivity index (χ3v) is 3.40. The summed E-state index contributed by atoms with van der Waals surface area (Å²) < 4.78 is 0. The van der Waals surface area contributed by atoms with Crippen molar-refractivity contribution >= 4 is 6.29 Å². The van der Waals surface area contributed by atoms with Gasteiger partial charge >= 0.3 is 0 Å². The number of rotatable bonds is 8. The summed E-state index contributed by atoms with van der Waals surface area (Å²) >= 11 is 0. The van der Waals surface area contributed by atoms with Gasteiger partial charge < -0.3 is 35.4 Å². The molecule has 7 heteroatoms. The van der Waals surface area contributed by atoms with Gasteiger partial charge in [-0.1, -0.05) is 30.3 Å². The summed E-state index contributed by atoms with van der Waals surface area (Å²) in [5, 5.41) is 57.1. The maximum absolute atomic E-state index is 11.1. The van der Waals surface area contributed by atoms with Gasteiger partial charge in [-0.3, -0.25) is 0 Å². The zero-order valence-corrected chi connectivity index (χ0v) is 11.3. The Morgan fingerprint density at radius 3 is 2.14 bits per heavy atom. The van der Waals surface area contributed by atoms with Crippen molar-refractivity contribution in [2.75, 3.05) is 6.61 Å². The fourth-order valence-corrected chi connectivity index (χ4v) is 1.93. The highest BCUT2D eigenvalue weighted by Gasteiger charge is 2.51. The molecule has 0 bridgehead atoms. The molecule has 0 saturated heterocycles. The van der Waals surface area contributed by atoms with Crippen LogP contribution in [-0.4, -0.2) is 67.1 Å². The molecule has 0 fully saturated rings. The van der Waals surface area contributed by atoms with Gasteiger partial charge in [0.25, 0.3) is 0 Å². The predicted octanol–water partition coefficient (Wildman–Crippen LogP) is -2.06. The lowest BCUT2D eigenvalue weighted by atomic mass is 9.84. The highest BCUT2D eigenvalue weighted by atomic mass is 16.6. The van der Waals surface area contributed by atoms with Crippen LogP contribution in [0.15, 0.2) is 30.3 Å². The molecule has 118 valence electrons. The molecular weight excluding hydrogens is 280 g/mol. The Labute approximate surface area is 121 Å². The number of carbonyl (C=O) groups is 1. The van der Waals surface area contributed by atoms with E-state index >= 15 is 0 Å². The molecular formula is C14H20O7. The summed E-state index contributed by atoms with van der Waals surface area (Å²) in [6.07, 6.45) is -4.61. The molecule has 0 saturated carbocycles. The van der Waals surface area contributed by atoms with Crippen molar-refractivity contribution in [3.8, 4) is 0 Å². The largest absolute Gasteiger partial charge is 0.393 e. The molecule has 0 aliphatic carbocycles. The van der Waals surface area contributed by atoms with E-state index in [4.69, 9.17) is 5.11 Å². The summed E-state index contributed by atoms with van der Waals surface area (Å²) in [5.74, 6) is -3.22. The minimum atomic E-state index is -3.22. The van der Waals surface area contributed by atoms with Crippen LogP contribution in [-0.2, 0) is 11.2 Å². The third-order valence-electron chi connectivity index (χ3n) is 3.40. The number of hydrogen-bond acceptors (Lipinski definition) is 7. The molecule has 0 amide bonds. The second-order valence-corrected chi connectivity index (χ2v) is 4.98. The van der Waals surface area contributed by atoms with E-state index in [2.05, 4.69) is 0 Å². The lowest BCUT2D eigenvalue weighted by Gasteiger charge is -2.38. The van der Waals surface area contributed by atoms with Crippen LogP contribution >= 0.6 is 0 Å². The molecule has 21 heavy (non-hydrogen) atoms. The van der Waals surface area contributed by atoms with E-state index in [0.717, 1.165) is 5.56 Å². The van der Waals surface area contributed by atoms with E-state index in [9.17, 15) is 30.3 Å². The van der Waals surface area contributed by atoms with Gasteiger partial charge in [-0.05, 0) is 18.4 Å². The Kier molecular flexibility index (Phi) is 5.97. The Balaban J connectivity index is 2.85. The van der Waals surface area contributed by atoms with Crippen molar-refractivity contribution < 1.29 is 35.4 Å². The summed E-state index contributed by atoms with van der Waals surface area (Å²) in [4.78, 5) is 11.1. The van der Waals surface area contributed by atoms with E-state index in [1.54, 1.807) is 30.3 Å². The van der Waals surface area contributed by atoms with Gasteiger partial charge in [0.15, 0.2) is 11.9 Å². The molecule has 3 atom stereocenters. The smallest absolute Gasteiger partial charge is 0.222 e. The van der Waals surface area contributed by atoms with Crippen molar-refractivity contribution in [2.24, 2.45) is 0 Å². The number of carbonyl (C=O) groups excluding carboxylic acids is 1. The first kappa shape index (κ1) is 17.7. The first-order valence-electron chi connectivity index (χ1n) is 6.42. The summed E-state index contributed by atoms with van der Waals surface area (Å²) in [6.45, 7) is -1.06. The summed E-state index contributed by atoms with van der Waals surface area (Å²) in [7, 11) is 0. The van der Waals surface area contributed by atoms with E-state index in [-0.39, 0.29) is 19.1 Å². The summed E-state index contributed by atoms with van der Waals surface area (Å²) in [5.41, 5.74) is -1.70. The fraction of sp³-hybridized carbons (Fsp3) is 0.500. The highest BCUT2D eigenvalue weighted by Crippen LogP contribution is 2.26. The van der Waals surface area contributed by atoms with Gasteiger partial charge in [-0.2, -0.15) is 0 Å². The Morgan fingerprint density at radius 2 is 1.67 bits per heavy atom. The van der Waals surface area contributed by atoms with Gasteiger partial charge in [0.05, 0.1) is 6.61 Å². The zero-order valence-electron chi connectivity index (χ0n) is 11.3. The first-order valence-corrected chi connectivity index (χ1v) is 6.42. The van der Waals surface area contributed by atoms with Crippen LogP contribution in [0, 0.1) is 0 Å². The molecule has 0 radical (unpaired) electrons. The monoisotopic (exact) mass is 300 g/mol. The fourth-order valence-electron chi connectivity index (χ4n) is 1.93. The van der Waals surface area contributed by atoms with Crippen LogP contribution in [0.1, 0.15) is 12.0 Å². The van der Waals surface area contributed by atoms with Crippen LogP contribution in [0.3, 0.4) is 0 Å². The van der Waals surface area contributed by atoms with Crippen LogP contribution in [0.4, 0.5) is 0 Å². The lowest BCUT2D eigenvalue weighted by Crippen LogP contribution is -2.63. The SMILES string of the molecule is O=C[C@@](O)(CCc1ccccc1)[C@@H](O)C(O)(O)[C@H](O)CO. The number of hydrogen-bond donors (Lipinski definition) is 6. The van der Waals surface area contributed by atoms with Gasteiger partial charge in [-0.25, -0.2) is 0 Å². The zero-order chi connectivity index (χ0) is 16.1. The number of aldehydes is 1. The molecule has 0 unspecified atom stereocenters. The predicted molar refractivity (Wildman–Crippen MR) is 72.0 cm³/mol. The molecule has 1 rings (SSSR count). The van der Waals surface area contributed by atoms with Crippen molar-refractivity contribution in [3.05, 3.63) is 35.9 Å².